The Hall–Kier alpha value is -2.87. The van der Waals surface area contributed by atoms with Crippen LogP contribution in [0.5, 0.6) is 0 Å². The summed E-state index contributed by atoms with van der Waals surface area (Å²) in [5, 5.41) is 7.18. The molecule has 4 rings (SSSR count). The molecule has 0 saturated carbocycles. The first kappa shape index (κ1) is 15.6. The average Bonchev–Trinajstić information content (AvgIpc) is 3.08. The normalized spacial score (nSPS) is 16.8. The van der Waals surface area contributed by atoms with Crippen LogP contribution < -0.4 is 5.01 Å². The molecule has 0 aliphatic carbocycles. The summed E-state index contributed by atoms with van der Waals surface area (Å²) in [6.45, 7) is 2.12. The number of nitrogens with zero attached hydrogens (tertiary/aromatic N) is 2. The predicted octanol–water partition coefficient (Wildman–Crippen LogP) is 5.22. The van der Waals surface area contributed by atoms with Crippen LogP contribution in [-0.2, 0) is 6.42 Å². The molecule has 3 aromatic carbocycles. The van der Waals surface area contributed by atoms with Crippen molar-refractivity contribution in [2.24, 2.45) is 5.10 Å². The third-order valence-corrected chi connectivity index (χ3v) is 4.72. The number of para-hydroxylation sites is 1. The molecule has 0 saturated heterocycles. The quantitative estimate of drug-likeness (QED) is 0.642. The molecule has 0 amide bonds. The third kappa shape index (κ3) is 3.48. The van der Waals surface area contributed by atoms with Crippen molar-refractivity contribution in [2.45, 2.75) is 25.8 Å². The number of benzene rings is 3. The fraction of sp³-hybridized carbons (Fsp3) is 0.174. The van der Waals surface area contributed by atoms with Gasteiger partial charge in [-0.15, -0.1) is 0 Å². The smallest absolute Gasteiger partial charge is 0.0703 e. The van der Waals surface area contributed by atoms with Crippen molar-refractivity contribution >= 4 is 11.4 Å². The number of rotatable bonds is 4. The molecule has 0 radical (unpaired) electrons. The van der Waals surface area contributed by atoms with Gasteiger partial charge in [0.15, 0.2) is 0 Å². The Morgan fingerprint density at radius 2 is 1.48 bits per heavy atom. The van der Waals surface area contributed by atoms with Crippen LogP contribution in [0, 0.1) is 6.92 Å². The highest BCUT2D eigenvalue weighted by atomic mass is 15.5. The van der Waals surface area contributed by atoms with E-state index in [1.165, 1.54) is 22.4 Å². The van der Waals surface area contributed by atoms with Gasteiger partial charge >= 0.3 is 0 Å². The number of aryl methyl sites for hydroxylation is 1. The maximum absolute atomic E-state index is 4.99. The van der Waals surface area contributed by atoms with E-state index in [-0.39, 0.29) is 0 Å². The number of hydrazone groups is 1. The highest BCUT2D eigenvalue weighted by Gasteiger charge is 2.28. The van der Waals surface area contributed by atoms with E-state index in [0.717, 1.165) is 18.5 Å². The van der Waals surface area contributed by atoms with Gasteiger partial charge in [-0.25, -0.2) is 0 Å². The van der Waals surface area contributed by atoms with Gasteiger partial charge in [0, 0.05) is 6.42 Å². The first-order valence-corrected chi connectivity index (χ1v) is 8.82. The second-order valence-electron chi connectivity index (χ2n) is 6.64. The van der Waals surface area contributed by atoms with Gasteiger partial charge in [0.2, 0.25) is 0 Å². The van der Waals surface area contributed by atoms with E-state index in [2.05, 4.69) is 96.9 Å². The summed E-state index contributed by atoms with van der Waals surface area (Å²) in [6.07, 6.45) is 1.96. The van der Waals surface area contributed by atoms with Crippen molar-refractivity contribution in [3.63, 3.8) is 0 Å². The van der Waals surface area contributed by atoms with Crippen LogP contribution in [0.3, 0.4) is 0 Å². The maximum atomic E-state index is 4.99. The Balaban J connectivity index is 1.65. The van der Waals surface area contributed by atoms with Crippen molar-refractivity contribution in [3.05, 3.63) is 102 Å². The van der Waals surface area contributed by atoms with Crippen molar-refractivity contribution in [2.75, 3.05) is 5.01 Å². The maximum Gasteiger partial charge on any atom is 0.0703 e. The lowest BCUT2D eigenvalue weighted by Crippen LogP contribution is -2.28. The van der Waals surface area contributed by atoms with Crippen molar-refractivity contribution < 1.29 is 0 Å². The first-order chi connectivity index (χ1) is 12.3. The lowest BCUT2D eigenvalue weighted by atomic mass is 9.98. The second-order valence-corrected chi connectivity index (χ2v) is 6.64. The standard InChI is InChI=1S/C23H22N2/c1-18-12-14-20(15-13-18)23-17-22(16-19-8-4-2-5-9-19)25(24-23)21-10-6-3-7-11-21/h2-15,22H,16-17H2,1H3. The lowest BCUT2D eigenvalue weighted by molar-refractivity contribution is 0.657. The van der Waals surface area contributed by atoms with E-state index >= 15 is 0 Å². The Bertz CT molecular complexity index is 852. The molecular weight excluding hydrogens is 304 g/mol. The summed E-state index contributed by atoms with van der Waals surface area (Å²) in [5.41, 5.74) is 6.19. The summed E-state index contributed by atoms with van der Waals surface area (Å²) in [6, 6.07) is 30.2. The predicted molar refractivity (Wildman–Crippen MR) is 105 cm³/mol. The SMILES string of the molecule is Cc1ccc(C2=NN(c3ccccc3)C(Cc3ccccc3)C2)cc1. The molecular formula is C23H22N2. The molecule has 0 spiro atoms. The highest BCUT2D eigenvalue weighted by Crippen LogP contribution is 2.28. The molecule has 0 fully saturated rings. The zero-order valence-corrected chi connectivity index (χ0v) is 14.5. The third-order valence-electron chi connectivity index (χ3n) is 4.72. The first-order valence-electron chi connectivity index (χ1n) is 8.82. The van der Waals surface area contributed by atoms with Crippen LogP contribution in [0.15, 0.2) is 90.0 Å². The molecule has 0 N–H and O–H groups in total. The van der Waals surface area contributed by atoms with Crippen LogP contribution >= 0.6 is 0 Å². The van der Waals surface area contributed by atoms with E-state index in [1.807, 2.05) is 0 Å². The summed E-state index contributed by atoms with van der Waals surface area (Å²) in [7, 11) is 0. The summed E-state index contributed by atoms with van der Waals surface area (Å²) in [4.78, 5) is 0. The fourth-order valence-corrected chi connectivity index (χ4v) is 3.38. The number of anilines is 1. The van der Waals surface area contributed by atoms with Gasteiger partial charge < -0.3 is 0 Å². The summed E-state index contributed by atoms with van der Waals surface area (Å²) < 4.78 is 0. The molecule has 1 atom stereocenters. The minimum absolute atomic E-state index is 0.348. The van der Waals surface area contributed by atoms with Crippen LogP contribution in [0.2, 0.25) is 0 Å². The Labute approximate surface area is 149 Å². The van der Waals surface area contributed by atoms with Gasteiger partial charge in [0.1, 0.15) is 0 Å². The highest BCUT2D eigenvalue weighted by molar-refractivity contribution is 6.03. The van der Waals surface area contributed by atoms with E-state index in [4.69, 9.17) is 5.10 Å². The van der Waals surface area contributed by atoms with Gasteiger partial charge in [-0.2, -0.15) is 5.10 Å². The monoisotopic (exact) mass is 326 g/mol. The summed E-state index contributed by atoms with van der Waals surface area (Å²) in [5.74, 6) is 0. The molecule has 0 aromatic heterocycles. The molecule has 0 bridgehead atoms. The molecule has 3 aromatic rings. The van der Waals surface area contributed by atoms with Crippen molar-refractivity contribution in [1.82, 2.24) is 0 Å². The van der Waals surface area contributed by atoms with E-state index < -0.39 is 0 Å². The largest absolute Gasteiger partial charge is 0.261 e. The van der Waals surface area contributed by atoms with E-state index in [9.17, 15) is 0 Å². The second kappa shape index (κ2) is 6.94. The summed E-state index contributed by atoms with van der Waals surface area (Å²) >= 11 is 0. The van der Waals surface area contributed by atoms with E-state index in [0.29, 0.717) is 6.04 Å². The van der Waals surface area contributed by atoms with Gasteiger partial charge in [0.05, 0.1) is 17.4 Å². The van der Waals surface area contributed by atoms with Crippen molar-refractivity contribution in [1.29, 1.82) is 0 Å². The Morgan fingerprint density at radius 1 is 0.840 bits per heavy atom. The van der Waals surface area contributed by atoms with Crippen LogP contribution in [0.25, 0.3) is 0 Å². The average molecular weight is 326 g/mol. The molecule has 1 heterocycles. The number of hydrogen-bond donors (Lipinski definition) is 0. The topological polar surface area (TPSA) is 15.6 Å². The molecule has 2 nitrogen and oxygen atoms in total. The minimum Gasteiger partial charge on any atom is -0.261 e. The van der Waals surface area contributed by atoms with Crippen LogP contribution in [-0.4, -0.2) is 11.8 Å². The van der Waals surface area contributed by atoms with E-state index in [1.54, 1.807) is 0 Å². The molecule has 1 unspecified atom stereocenters. The lowest BCUT2D eigenvalue weighted by Gasteiger charge is -2.23. The minimum atomic E-state index is 0.348. The van der Waals surface area contributed by atoms with Gasteiger partial charge in [0.25, 0.3) is 0 Å². The van der Waals surface area contributed by atoms with Gasteiger partial charge in [-0.3, -0.25) is 5.01 Å². The molecule has 1 aliphatic rings. The zero-order chi connectivity index (χ0) is 17.1. The fourth-order valence-electron chi connectivity index (χ4n) is 3.38. The Morgan fingerprint density at radius 3 is 2.16 bits per heavy atom. The van der Waals surface area contributed by atoms with Gasteiger partial charge in [-0.05, 0) is 36.6 Å². The molecule has 2 heteroatoms. The van der Waals surface area contributed by atoms with Crippen LogP contribution in [0.4, 0.5) is 5.69 Å². The molecule has 124 valence electrons. The molecule has 25 heavy (non-hydrogen) atoms. The zero-order valence-electron chi connectivity index (χ0n) is 14.5. The van der Waals surface area contributed by atoms with Crippen LogP contribution in [0.1, 0.15) is 23.1 Å². The molecule has 1 aliphatic heterocycles. The van der Waals surface area contributed by atoms with Gasteiger partial charge in [-0.1, -0.05) is 78.4 Å². The van der Waals surface area contributed by atoms with Crippen molar-refractivity contribution in [3.8, 4) is 0 Å². The number of hydrogen-bond acceptors (Lipinski definition) is 2. The Kier molecular flexibility index (Phi) is 4.34.